The van der Waals surface area contributed by atoms with Crippen LogP contribution < -0.4 is 10.9 Å². The molecule has 4 rings (SSSR count). The number of oxazole rings is 1. The van der Waals surface area contributed by atoms with Crippen molar-refractivity contribution in [3.8, 4) is 0 Å². The molecule has 2 heterocycles. The van der Waals surface area contributed by atoms with E-state index in [4.69, 9.17) is 4.42 Å². The highest BCUT2D eigenvalue weighted by Crippen LogP contribution is 2.27. The van der Waals surface area contributed by atoms with E-state index in [1.54, 1.807) is 24.4 Å². The fraction of sp³-hybridized carbons (Fsp3) is 0.0500. The van der Waals surface area contributed by atoms with Gasteiger partial charge in [0.1, 0.15) is 11.2 Å². The van der Waals surface area contributed by atoms with E-state index < -0.39 is 11.8 Å². The van der Waals surface area contributed by atoms with Gasteiger partial charge in [0.25, 0.3) is 17.0 Å². The van der Waals surface area contributed by atoms with Crippen LogP contribution in [-0.2, 0) is 5.75 Å². The van der Waals surface area contributed by atoms with E-state index in [0.29, 0.717) is 22.2 Å². The monoisotopic (exact) mass is 470 g/mol. The zero-order chi connectivity index (χ0) is 20.2. The number of hydrogen-bond donors (Lipinski definition) is 3. The maximum atomic E-state index is 12.6. The van der Waals surface area contributed by atoms with Crippen molar-refractivity contribution in [2.24, 2.45) is 0 Å². The van der Waals surface area contributed by atoms with Crippen molar-refractivity contribution in [3.63, 3.8) is 0 Å². The summed E-state index contributed by atoms with van der Waals surface area (Å²) in [6.45, 7) is 0. The first kappa shape index (κ1) is 19.3. The maximum Gasteiger partial charge on any atom is 0.286 e. The van der Waals surface area contributed by atoms with Crippen LogP contribution in [0.5, 0.6) is 0 Å². The summed E-state index contributed by atoms with van der Waals surface area (Å²) in [7, 11) is 0. The van der Waals surface area contributed by atoms with Crippen molar-refractivity contribution in [1.29, 1.82) is 0 Å². The molecule has 0 bridgehead atoms. The van der Waals surface area contributed by atoms with Crippen LogP contribution in [-0.4, -0.2) is 21.8 Å². The normalized spacial score (nSPS) is 10.8. The Morgan fingerprint density at radius 3 is 2.62 bits per heavy atom. The van der Waals surface area contributed by atoms with Gasteiger partial charge in [-0.05, 0) is 45.8 Å². The third kappa shape index (κ3) is 4.52. The van der Waals surface area contributed by atoms with Crippen molar-refractivity contribution in [2.75, 3.05) is 0 Å². The standard InChI is InChI=1S/C20H15BrN4O3S/c21-13-9-16(22-10-13)19(27)25-24-18(26)14-6-2-1-5-12(14)11-29-20-23-15-7-3-4-8-17(15)28-20/h1-10,22H,11H2,(H,24,26)(H,25,27). The molecule has 0 spiro atoms. The molecule has 0 saturated carbocycles. The summed E-state index contributed by atoms with van der Waals surface area (Å²) in [4.78, 5) is 31.9. The number of benzene rings is 2. The lowest BCUT2D eigenvalue weighted by molar-refractivity contribution is 0.0844. The SMILES string of the molecule is O=C(NNC(=O)c1ccccc1CSc1nc2ccccc2o1)c1cc(Br)c[nH]1. The van der Waals surface area contributed by atoms with E-state index in [2.05, 4.69) is 36.7 Å². The van der Waals surface area contributed by atoms with Crippen molar-refractivity contribution in [3.05, 3.63) is 82.1 Å². The quantitative estimate of drug-likeness (QED) is 0.298. The van der Waals surface area contributed by atoms with Gasteiger partial charge in [0.2, 0.25) is 0 Å². The number of fused-ring (bicyclic) bond motifs is 1. The number of hydrazine groups is 1. The van der Waals surface area contributed by atoms with Crippen LogP contribution in [0.15, 0.2) is 74.9 Å². The molecule has 0 saturated heterocycles. The summed E-state index contributed by atoms with van der Waals surface area (Å²) in [5, 5.41) is 0.534. The number of aromatic nitrogens is 2. The molecule has 0 aliphatic heterocycles. The fourth-order valence-electron chi connectivity index (χ4n) is 2.67. The van der Waals surface area contributed by atoms with Gasteiger partial charge in [-0.15, -0.1) is 0 Å². The predicted molar refractivity (Wildman–Crippen MR) is 113 cm³/mol. The van der Waals surface area contributed by atoms with Gasteiger partial charge in [-0.25, -0.2) is 4.98 Å². The number of halogens is 1. The number of nitrogens with one attached hydrogen (secondary N) is 3. The van der Waals surface area contributed by atoms with Gasteiger partial charge in [-0.1, -0.05) is 42.1 Å². The van der Waals surface area contributed by atoms with Gasteiger partial charge in [-0.2, -0.15) is 0 Å². The molecule has 9 heteroatoms. The Bertz CT molecular complexity index is 1150. The molecule has 0 atom stereocenters. The smallest absolute Gasteiger partial charge is 0.286 e. The second-order valence-corrected chi connectivity index (χ2v) is 7.88. The summed E-state index contributed by atoms with van der Waals surface area (Å²) in [6.07, 6.45) is 1.63. The van der Waals surface area contributed by atoms with Gasteiger partial charge < -0.3 is 9.40 Å². The highest BCUT2D eigenvalue weighted by Gasteiger charge is 2.15. The molecule has 2 amide bonds. The molecular weight excluding hydrogens is 456 g/mol. The van der Waals surface area contributed by atoms with Crippen LogP contribution in [0.4, 0.5) is 0 Å². The van der Waals surface area contributed by atoms with Gasteiger partial charge in [-0.3, -0.25) is 20.4 Å². The number of para-hydroxylation sites is 2. The molecule has 7 nitrogen and oxygen atoms in total. The van der Waals surface area contributed by atoms with Crippen LogP contribution >= 0.6 is 27.7 Å². The van der Waals surface area contributed by atoms with E-state index in [0.717, 1.165) is 21.1 Å². The predicted octanol–water partition coefficient (Wildman–Crippen LogP) is 4.29. The molecular formula is C20H15BrN4O3S. The van der Waals surface area contributed by atoms with Crippen molar-refractivity contribution < 1.29 is 14.0 Å². The number of hydrogen-bond acceptors (Lipinski definition) is 5. The lowest BCUT2D eigenvalue weighted by Gasteiger charge is -2.10. The van der Waals surface area contributed by atoms with Crippen LogP contribution in [0.25, 0.3) is 11.1 Å². The Kier molecular flexibility index (Phi) is 5.68. The fourth-order valence-corrected chi connectivity index (χ4v) is 3.85. The second kappa shape index (κ2) is 8.54. The van der Waals surface area contributed by atoms with Crippen LogP contribution in [0.1, 0.15) is 26.4 Å². The minimum absolute atomic E-state index is 0.331. The lowest BCUT2D eigenvalue weighted by atomic mass is 10.1. The molecule has 0 aliphatic rings. The summed E-state index contributed by atoms with van der Waals surface area (Å²) in [5.74, 6) is -0.353. The summed E-state index contributed by atoms with van der Waals surface area (Å²) in [6, 6.07) is 16.3. The largest absolute Gasteiger partial charge is 0.431 e. The molecule has 0 unspecified atom stereocenters. The number of rotatable bonds is 5. The Hall–Kier alpha value is -3.04. The number of thioether (sulfide) groups is 1. The topological polar surface area (TPSA) is 100 Å². The lowest BCUT2D eigenvalue weighted by Crippen LogP contribution is -2.42. The van der Waals surface area contributed by atoms with E-state index in [1.165, 1.54) is 11.8 Å². The van der Waals surface area contributed by atoms with Crippen LogP contribution in [0.2, 0.25) is 0 Å². The molecule has 0 aliphatic carbocycles. The van der Waals surface area contributed by atoms with Gasteiger partial charge in [0, 0.05) is 22.0 Å². The second-order valence-electron chi connectivity index (χ2n) is 6.03. The van der Waals surface area contributed by atoms with Gasteiger partial charge in [0.15, 0.2) is 5.58 Å². The number of nitrogens with zero attached hydrogens (tertiary/aromatic N) is 1. The molecule has 0 radical (unpaired) electrons. The molecule has 3 N–H and O–H groups in total. The van der Waals surface area contributed by atoms with Crippen molar-refractivity contribution >= 4 is 50.6 Å². The number of carbonyl (C=O) groups excluding carboxylic acids is 2. The number of carbonyl (C=O) groups is 2. The first-order valence-corrected chi connectivity index (χ1v) is 10.4. The number of amides is 2. The minimum atomic E-state index is -0.442. The summed E-state index contributed by atoms with van der Waals surface area (Å²) < 4.78 is 6.45. The van der Waals surface area contributed by atoms with Crippen LogP contribution in [0, 0.1) is 0 Å². The van der Waals surface area contributed by atoms with E-state index in [9.17, 15) is 9.59 Å². The molecule has 146 valence electrons. The third-order valence-corrected chi connectivity index (χ3v) is 5.40. The molecule has 2 aromatic carbocycles. The van der Waals surface area contributed by atoms with Gasteiger partial charge in [0.05, 0.1) is 0 Å². The molecule has 2 aromatic heterocycles. The zero-order valence-corrected chi connectivity index (χ0v) is 17.3. The summed E-state index contributed by atoms with van der Waals surface area (Å²) in [5.41, 5.74) is 7.95. The van der Waals surface area contributed by atoms with Crippen molar-refractivity contribution in [1.82, 2.24) is 20.8 Å². The average Bonchev–Trinajstić information content (AvgIpc) is 3.36. The Balaban J connectivity index is 1.41. The minimum Gasteiger partial charge on any atom is -0.431 e. The molecule has 4 aromatic rings. The number of aromatic amines is 1. The van der Waals surface area contributed by atoms with E-state index >= 15 is 0 Å². The zero-order valence-electron chi connectivity index (χ0n) is 14.9. The summed E-state index contributed by atoms with van der Waals surface area (Å²) >= 11 is 4.66. The van der Waals surface area contributed by atoms with E-state index in [1.807, 2.05) is 36.4 Å². The van der Waals surface area contributed by atoms with E-state index in [-0.39, 0.29) is 0 Å². The Morgan fingerprint density at radius 1 is 1.07 bits per heavy atom. The molecule has 0 fully saturated rings. The van der Waals surface area contributed by atoms with Crippen molar-refractivity contribution in [2.45, 2.75) is 11.0 Å². The van der Waals surface area contributed by atoms with Crippen LogP contribution in [0.3, 0.4) is 0 Å². The van der Waals surface area contributed by atoms with Gasteiger partial charge >= 0.3 is 0 Å². The highest BCUT2D eigenvalue weighted by molar-refractivity contribution is 9.10. The third-order valence-electron chi connectivity index (χ3n) is 4.07. The first-order chi connectivity index (χ1) is 14.1. The Morgan fingerprint density at radius 2 is 1.83 bits per heavy atom. The average molecular weight is 471 g/mol. The number of H-pyrrole nitrogens is 1. The highest BCUT2D eigenvalue weighted by atomic mass is 79.9. The first-order valence-electron chi connectivity index (χ1n) is 8.61. The maximum absolute atomic E-state index is 12.6. The Labute approximate surface area is 178 Å². The molecule has 29 heavy (non-hydrogen) atoms.